The zero-order valence-electron chi connectivity index (χ0n) is 56.5. The number of carbonyl (C=O) groups is 2. The summed E-state index contributed by atoms with van der Waals surface area (Å²) < 4.78 is 30.8. The number of quaternary nitrogens is 1. The van der Waals surface area contributed by atoms with Crippen LogP contribution in [0.3, 0.4) is 0 Å². The number of hydrogen-bond donors (Lipinski definition) is 2. The van der Waals surface area contributed by atoms with Crippen LogP contribution in [0.4, 0.5) is 0 Å². The van der Waals surface area contributed by atoms with Crippen molar-refractivity contribution in [2.24, 2.45) is 0 Å². The number of ether oxygens (including phenoxy) is 1. The van der Waals surface area contributed by atoms with Gasteiger partial charge in [0.15, 0.2) is 0 Å². The molecular formula is C73H144N2O7P+. The number of likely N-dealkylation sites (N-methyl/N-ethyl adjacent to an activating group) is 1. The lowest BCUT2D eigenvalue weighted by atomic mass is 10.0. The van der Waals surface area contributed by atoms with Crippen LogP contribution in [0.2, 0.25) is 0 Å². The molecule has 10 heteroatoms. The molecule has 0 aromatic rings. The Labute approximate surface area is 517 Å². The third-order valence-corrected chi connectivity index (χ3v) is 17.9. The van der Waals surface area contributed by atoms with Crippen molar-refractivity contribution in [3.05, 3.63) is 24.3 Å². The van der Waals surface area contributed by atoms with Crippen LogP contribution >= 0.6 is 7.82 Å². The van der Waals surface area contributed by atoms with E-state index in [0.29, 0.717) is 23.9 Å². The Morgan fingerprint density at radius 1 is 0.410 bits per heavy atom. The first kappa shape index (κ1) is 81.5. The van der Waals surface area contributed by atoms with Crippen molar-refractivity contribution in [3.63, 3.8) is 0 Å². The minimum atomic E-state index is -4.45. The molecule has 0 heterocycles. The minimum Gasteiger partial charge on any atom is -0.456 e. The Morgan fingerprint density at radius 2 is 0.699 bits per heavy atom. The summed E-state index contributed by atoms with van der Waals surface area (Å²) in [4.78, 5) is 37.9. The summed E-state index contributed by atoms with van der Waals surface area (Å²) in [6.07, 6.45) is 77.7. The zero-order chi connectivity index (χ0) is 60.7. The molecule has 0 saturated heterocycles. The molecular weight excluding hydrogens is 1050 g/mol. The van der Waals surface area contributed by atoms with Gasteiger partial charge >= 0.3 is 13.8 Å². The van der Waals surface area contributed by atoms with E-state index in [1.54, 1.807) is 0 Å². The molecule has 0 aliphatic heterocycles. The van der Waals surface area contributed by atoms with E-state index in [-0.39, 0.29) is 25.1 Å². The predicted octanol–water partition coefficient (Wildman–Crippen LogP) is 23.2. The van der Waals surface area contributed by atoms with Crippen molar-refractivity contribution in [1.29, 1.82) is 0 Å². The quantitative estimate of drug-likeness (QED) is 0.0205. The van der Waals surface area contributed by atoms with E-state index in [2.05, 4.69) is 38.2 Å². The van der Waals surface area contributed by atoms with Gasteiger partial charge in [0.1, 0.15) is 19.3 Å². The number of phosphoric acid groups is 1. The summed E-state index contributed by atoms with van der Waals surface area (Å²) in [7, 11) is 1.52. The molecule has 3 atom stereocenters. The van der Waals surface area contributed by atoms with Gasteiger partial charge in [0.05, 0.1) is 33.8 Å². The maximum Gasteiger partial charge on any atom is 0.472 e. The first-order valence-corrected chi connectivity index (χ1v) is 38.2. The summed E-state index contributed by atoms with van der Waals surface area (Å²) in [5.74, 6) is -0.481. The third kappa shape index (κ3) is 64.8. The average Bonchev–Trinajstić information content (AvgIpc) is 3.51. The number of nitrogens with one attached hydrogen (secondary N) is 1. The molecule has 0 saturated carbocycles. The van der Waals surface area contributed by atoms with E-state index in [4.69, 9.17) is 13.8 Å². The molecule has 3 unspecified atom stereocenters. The summed E-state index contributed by atoms with van der Waals surface area (Å²) >= 11 is 0. The molecule has 0 aromatic carbocycles. The van der Waals surface area contributed by atoms with E-state index in [9.17, 15) is 19.0 Å². The van der Waals surface area contributed by atoms with Gasteiger partial charge in [-0.2, -0.15) is 0 Å². The first-order chi connectivity index (χ1) is 40.4. The van der Waals surface area contributed by atoms with E-state index >= 15 is 0 Å². The average molecular weight is 1190 g/mol. The lowest BCUT2D eigenvalue weighted by molar-refractivity contribution is -0.870. The summed E-state index contributed by atoms with van der Waals surface area (Å²) in [6.45, 7) is 7.08. The molecule has 0 aliphatic carbocycles. The van der Waals surface area contributed by atoms with E-state index < -0.39 is 20.0 Å². The molecule has 0 spiro atoms. The van der Waals surface area contributed by atoms with Crippen molar-refractivity contribution in [1.82, 2.24) is 5.32 Å². The van der Waals surface area contributed by atoms with Gasteiger partial charge in [0, 0.05) is 12.8 Å². The second kappa shape index (κ2) is 63.5. The van der Waals surface area contributed by atoms with E-state index in [1.165, 1.54) is 289 Å². The number of rotatable bonds is 68. The maximum absolute atomic E-state index is 13.6. The standard InChI is InChI=1S/C73H143N2O7P/c1-7-10-13-16-19-22-25-27-29-31-33-35-36-37-38-40-41-43-45-47-50-53-56-59-62-65-72(76)74-70(69-81-83(78,79)80-68-67-75(4,5)6)71(64-61-58-55-52-49-24-21-18-15-12-9-3)82-73(77)66-63-60-57-54-51-48-46-44-42-39-34-32-30-28-26-23-20-17-14-11-8-2/h27,29,61,64,70-71H,7-26,28,30-60,62-63,65-69H2,1-6H3,(H-,74,76,78,79)/p+1/b29-27+,64-61+. The van der Waals surface area contributed by atoms with Gasteiger partial charge in [-0.3, -0.25) is 18.6 Å². The van der Waals surface area contributed by atoms with Crippen LogP contribution in [0.5, 0.6) is 0 Å². The highest BCUT2D eigenvalue weighted by atomic mass is 31.2. The van der Waals surface area contributed by atoms with Gasteiger partial charge < -0.3 is 19.4 Å². The number of nitrogens with zero attached hydrogens (tertiary/aromatic N) is 1. The van der Waals surface area contributed by atoms with Crippen LogP contribution in [0.25, 0.3) is 0 Å². The van der Waals surface area contributed by atoms with Crippen LogP contribution in [0.15, 0.2) is 24.3 Å². The molecule has 0 fully saturated rings. The Morgan fingerprint density at radius 3 is 1.02 bits per heavy atom. The lowest BCUT2D eigenvalue weighted by Crippen LogP contribution is -2.47. The third-order valence-electron chi connectivity index (χ3n) is 16.9. The fourth-order valence-corrected chi connectivity index (χ4v) is 12.0. The monoisotopic (exact) mass is 1190 g/mol. The van der Waals surface area contributed by atoms with Crippen LogP contribution in [0.1, 0.15) is 380 Å². The van der Waals surface area contributed by atoms with Gasteiger partial charge in [-0.05, 0) is 57.4 Å². The Hall–Kier alpha value is -1.51. The number of phosphoric ester groups is 1. The lowest BCUT2D eigenvalue weighted by Gasteiger charge is -2.27. The Balaban J connectivity index is 4.95. The highest BCUT2D eigenvalue weighted by molar-refractivity contribution is 7.47. The number of hydrogen-bond acceptors (Lipinski definition) is 6. The second-order valence-electron chi connectivity index (χ2n) is 26.5. The van der Waals surface area contributed by atoms with Crippen molar-refractivity contribution < 1.29 is 37.3 Å². The molecule has 83 heavy (non-hydrogen) atoms. The molecule has 0 rings (SSSR count). The molecule has 2 N–H and O–H groups in total. The maximum atomic E-state index is 13.6. The fourth-order valence-electron chi connectivity index (χ4n) is 11.2. The number of allylic oxidation sites excluding steroid dienone is 3. The SMILES string of the molecule is CCCCCCCC/C=C/CCCCCCCCCCCCCCCCCC(=O)NC(COP(=O)(O)OCC[N+](C)(C)C)C(/C=C/CCCCCCCCCCC)OC(=O)CCCCCCCCCCCCCCCCCCCCCCC. The van der Waals surface area contributed by atoms with E-state index in [1.807, 2.05) is 33.3 Å². The molecule has 0 bridgehead atoms. The van der Waals surface area contributed by atoms with E-state index in [0.717, 1.165) is 57.8 Å². The van der Waals surface area contributed by atoms with Crippen LogP contribution < -0.4 is 5.32 Å². The van der Waals surface area contributed by atoms with Crippen LogP contribution in [-0.4, -0.2) is 74.3 Å². The smallest absolute Gasteiger partial charge is 0.456 e. The minimum absolute atomic E-state index is 0.0447. The Kier molecular flexibility index (Phi) is 62.4. The summed E-state index contributed by atoms with van der Waals surface area (Å²) in [5.41, 5.74) is 0. The van der Waals surface area contributed by atoms with Crippen molar-refractivity contribution in [3.8, 4) is 0 Å². The highest BCUT2D eigenvalue weighted by Crippen LogP contribution is 2.43. The van der Waals surface area contributed by atoms with Gasteiger partial charge in [-0.1, -0.05) is 334 Å². The number of esters is 1. The normalized spacial score (nSPS) is 13.6. The number of amides is 1. The van der Waals surface area contributed by atoms with Crippen molar-refractivity contribution in [2.75, 3.05) is 40.9 Å². The number of carbonyl (C=O) groups excluding carboxylic acids is 2. The molecule has 9 nitrogen and oxygen atoms in total. The van der Waals surface area contributed by atoms with Crippen LogP contribution in [-0.2, 0) is 27.9 Å². The highest BCUT2D eigenvalue weighted by Gasteiger charge is 2.30. The van der Waals surface area contributed by atoms with Crippen LogP contribution in [0, 0.1) is 0 Å². The van der Waals surface area contributed by atoms with Crippen molar-refractivity contribution in [2.45, 2.75) is 392 Å². The second-order valence-corrected chi connectivity index (χ2v) is 27.9. The van der Waals surface area contributed by atoms with Crippen molar-refractivity contribution >= 4 is 19.7 Å². The molecule has 492 valence electrons. The largest absolute Gasteiger partial charge is 0.472 e. The Bertz CT molecular complexity index is 1470. The molecule has 0 aliphatic rings. The molecule has 0 radical (unpaired) electrons. The first-order valence-electron chi connectivity index (χ1n) is 36.7. The molecule has 1 amide bonds. The fraction of sp³-hybridized carbons (Fsp3) is 0.918. The van der Waals surface area contributed by atoms with Gasteiger partial charge in [0.2, 0.25) is 5.91 Å². The van der Waals surface area contributed by atoms with Gasteiger partial charge in [-0.25, -0.2) is 4.57 Å². The van der Waals surface area contributed by atoms with Gasteiger partial charge in [-0.15, -0.1) is 0 Å². The molecule has 0 aromatic heterocycles. The summed E-state index contributed by atoms with van der Waals surface area (Å²) in [5, 5.41) is 3.08. The topological polar surface area (TPSA) is 111 Å². The predicted molar refractivity (Wildman–Crippen MR) is 360 cm³/mol. The summed E-state index contributed by atoms with van der Waals surface area (Å²) in [6, 6.07) is -0.843. The van der Waals surface area contributed by atoms with Gasteiger partial charge in [0.25, 0.3) is 0 Å². The zero-order valence-corrected chi connectivity index (χ0v) is 57.4. The number of unbranched alkanes of at least 4 members (excludes halogenated alkanes) is 50.